The maximum atomic E-state index is 12.8. The van der Waals surface area contributed by atoms with Gasteiger partial charge in [0, 0.05) is 18.8 Å². The summed E-state index contributed by atoms with van der Waals surface area (Å²) in [4.78, 5) is 24.2. The second-order valence-corrected chi connectivity index (χ2v) is 6.34. The average Bonchev–Trinajstić information content (AvgIpc) is 3.04. The summed E-state index contributed by atoms with van der Waals surface area (Å²) >= 11 is 0. The zero-order valence-corrected chi connectivity index (χ0v) is 14.8. The molecule has 3 rings (SSSR count). The first-order chi connectivity index (χ1) is 12.6. The maximum Gasteiger partial charge on any atom is 0.255 e. The van der Waals surface area contributed by atoms with Crippen LogP contribution in [0.4, 0.5) is 0 Å². The standard InChI is InChI=1S/C21H21N3O2/c1-15-7-6-10-17(11-15)20-19(13-24(2)23-20)21(26)22-18(14-25)12-16-8-4-3-5-9-16/h3-11,13-14,18H,12H2,1-2H3,(H,22,26). The van der Waals surface area contributed by atoms with Crippen LogP contribution in [0.2, 0.25) is 0 Å². The zero-order valence-electron chi connectivity index (χ0n) is 14.8. The van der Waals surface area contributed by atoms with E-state index in [-0.39, 0.29) is 5.91 Å². The molecule has 0 aliphatic rings. The van der Waals surface area contributed by atoms with Gasteiger partial charge in [0.2, 0.25) is 0 Å². The summed E-state index contributed by atoms with van der Waals surface area (Å²) in [7, 11) is 1.78. The highest BCUT2D eigenvalue weighted by Crippen LogP contribution is 2.23. The van der Waals surface area contributed by atoms with Crippen LogP contribution in [0.15, 0.2) is 60.8 Å². The van der Waals surface area contributed by atoms with E-state index in [1.54, 1.807) is 17.9 Å². The van der Waals surface area contributed by atoms with E-state index >= 15 is 0 Å². The summed E-state index contributed by atoms with van der Waals surface area (Å²) in [6, 6.07) is 16.9. The van der Waals surface area contributed by atoms with Crippen LogP contribution in [0.1, 0.15) is 21.5 Å². The van der Waals surface area contributed by atoms with Crippen molar-refractivity contribution >= 4 is 12.2 Å². The monoisotopic (exact) mass is 347 g/mol. The highest BCUT2D eigenvalue weighted by molar-refractivity contribution is 6.00. The van der Waals surface area contributed by atoms with Gasteiger partial charge in [-0.3, -0.25) is 9.48 Å². The van der Waals surface area contributed by atoms with Crippen molar-refractivity contribution in [3.63, 3.8) is 0 Å². The third-order valence-electron chi connectivity index (χ3n) is 4.14. The lowest BCUT2D eigenvalue weighted by molar-refractivity contribution is -0.109. The lowest BCUT2D eigenvalue weighted by Crippen LogP contribution is -2.37. The van der Waals surface area contributed by atoms with Crippen LogP contribution in [0.5, 0.6) is 0 Å². The summed E-state index contributed by atoms with van der Waals surface area (Å²) < 4.78 is 1.61. The number of carbonyl (C=O) groups excluding carboxylic acids is 2. The number of nitrogens with one attached hydrogen (secondary N) is 1. The number of benzene rings is 2. The van der Waals surface area contributed by atoms with E-state index in [0.29, 0.717) is 17.7 Å². The van der Waals surface area contributed by atoms with Crippen molar-refractivity contribution in [3.05, 3.63) is 77.5 Å². The van der Waals surface area contributed by atoms with Crippen LogP contribution in [0.25, 0.3) is 11.3 Å². The van der Waals surface area contributed by atoms with Crippen LogP contribution in [-0.2, 0) is 18.3 Å². The summed E-state index contributed by atoms with van der Waals surface area (Å²) in [6.07, 6.45) is 2.90. The van der Waals surface area contributed by atoms with Gasteiger partial charge in [-0.15, -0.1) is 0 Å². The van der Waals surface area contributed by atoms with Gasteiger partial charge in [-0.05, 0) is 25.0 Å². The highest BCUT2D eigenvalue weighted by atomic mass is 16.2. The van der Waals surface area contributed by atoms with E-state index in [9.17, 15) is 9.59 Å². The van der Waals surface area contributed by atoms with Crippen molar-refractivity contribution < 1.29 is 9.59 Å². The predicted molar refractivity (Wildman–Crippen MR) is 101 cm³/mol. The molecule has 1 unspecified atom stereocenters. The highest BCUT2D eigenvalue weighted by Gasteiger charge is 2.20. The average molecular weight is 347 g/mol. The number of amides is 1. The molecule has 132 valence electrons. The first-order valence-electron chi connectivity index (χ1n) is 8.47. The largest absolute Gasteiger partial charge is 0.342 e. The Balaban J connectivity index is 1.82. The number of carbonyl (C=O) groups is 2. The lowest BCUT2D eigenvalue weighted by atomic mass is 10.0. The first-order valence-corrected chi connectivity index (χ1v) is 8.47. The minimum atomic E-state index is -0.588. The Morgan fingerprint density at radius 2 is 1.96 bits per heavy atom. The number of aryl methyl sites for hydroxylation is 2. The van der Waals surface area contributed by atoms with Gasteiger partial charge in [0.1, 0.15) is 12.0 Å². The molecule has 1 heterocycles. The Labute approximate surface area is 152 Å². The summed E-state index contributed by atoms with van der Waals surface area (Å²) in [5.41, 5.74) is 4.03. The van der Waals surface area contributed by atoms with Gasteiger partial charge in [-0.25, -0.2) is 0 Å². The Bertz CT molecular complexity index is 916. The molecule has 0 radical (unpaired) electrons. The molecule has 26 heavy (non-hydrogen) atoms. The van der Waals surface area contributed by atoms with Crippen LogP contribution >= 0.6 is 0 Å². The second-order valence-electron chi connectivity index (χ2n) is 6.34. The Kier molecular flexibility index (Phi) is 5.27. The Morgan fingerprint density at radius 1 is 1.19 bits per heavy atom. The molecule has 3 aromatic rings. The molecular weight excluding hydrogens is 326 g/mol. The fraction of sp³-hybridized carbons (Fsp3) is 0.190. The van der Waals surface area contributed by atoms with Crippen LogP contribution in [0, 0.1) is 6.92 Å². The molecule has 0 saturated carbocycles. The van der Waals surface area contributed by atoms with Crippen molar-refractivity contribution in [1.82, 2.24) is 15.1 Å². The van der Waals surface area contributed by atoms with Crippen molar-refractivity contribution in [2.45, 2.75) is 19.4 Å². The predicted octanol–water partition coefficient (Wildman–Crippen LogP) is 2.94. The van der Waals surface area contributed by atoms with Crippen molar-refractivity contribution in [2.75, 3.05) is 0 Å². The van der Waals surface area contributed by atoms with Gasteiger partial charge in [0.25, 0.3) is 5.91 Å². The van der Waals surface area contributed by atoms with E-state index in [2.05, 4.69) is 10.4 Å². The van der Waals surface area contributed by atoms with Gasteiger partial charge in [-0.2, -0.15) is 5.10 Å². The fourth-order valence-corrected chi connectivity index (χ4v) is 2.91. The molecule has 0 fully saturated rings. The first kappa shape index (κ1) is 17.6. The molecule has 0 saturated heterocycles. The molecule has 1 N–H and O–H groups in total. The number of nitrogens with zero attached hydrogens (tertiary/aromatic N) is 2. The molecular formula is C21H21N3O2. The van der Waals surface area contributed by atoms with Gasteiger partial charge in [0.15, 0.2) is 0 Å². The number of aromatic nitrogens is 2. The van der Waals surface area contributed by atoms with Gasteiger partial charge in [0.05, 0.1) is 11.6 Å². The minimum absolute atomic E-state index is 0.303. The van der Waals surface area contributed by atoms with E-state index < -0.39 is 6.04 Å². The normalized spacial score (nSPS) is 11.8. The van der Waals surface area contributed by atoms with Gasteiger partial charge in [-0.1, -0.05) is 54.1 Å². The second kappa shape index (κ2) is 7.78. The molecule has 1 aromatic heterocycles. The van der Waals surface area contributed by atoms with E-state index in [4.69, 9.17) is 0 Å². The van der Waals surface area contributed by atoms with Crippen molar-refractivity contribution in [3.8, 4) is 11.3 Å². The molecule has 5 nitrogen and oxygen atoms in total. The molecule has 5 heteroatoms. The third kappa shape index (κ3) is 4.06. The molecule has 1 amide bonds. The summed E-state index contributed by atoms with van der Waals surface area (Å²) in [5, 5.41) is 7.24. The summed E-state index contributed by atoms with van der Waals surface area (Å²) in [5.74, 6) is -0.303. The molecule has 0 spiro atoms. The van der Waals surface area contributed by atoms with Gasteiger partial charge < -0.3 is 10.1 Å². The molecule has 0 bridgehead atoms. The lowest BCUT2D eigenvalue weighted by Gasteiger charge is -2.13. The SMILES string of the molecule is Cc1cccc(-c2nn(C)cc2C(=O)NC(C=O)Cc2ccccc2)c1. The number of aldehydes is 1. The third-order valence-corrected chi connectivity index (χ3v) is 4.14. The summed E-state index contributed by atoms with van der Waals surface area (Å²) in [6.45, 7) is 1.99. The van der Waals surface area contributed by atoms with Crippen LogP contribution in [-0.4, -0.2) is 28.0 Å². The van der Waals surface area contributed by atoms with Crippen LogP contribution < -0.4 is 5.32 Å². The fourth-order valence-electron chi connectivity index (χ4n) is 2.91. The molecule has 0 aliphatic carbocycles. The topological polar surface area (TPSA) is 64.0 Å². The maximum absolute atomic E-state index is 12.8. The van der Waals surface area contributed by atoms with Crippen molar-refractivity contribution in [2.24, 2.45) is 7.05 Å². The molecule has 2 aromatic carbocycles. The number of rotatable bonds is 6. The van der Waals surface area contributed by atoms with E-state index in [1.807, 2.05) is 61.5 Å². The number of hydrogen-bond acceptors (Lipinski definition) is 3. The number of hydrogen-bond donors (Lipinski definition) is 1. The Hall–Kier alpha value is -3.21. The van der Waals surface area contributed by atoms with Gasteiger partial charge >= 0.3 is 0 Å². The van der Waals surface area contributed by atoms with E-state index in [0.717, 1.165) is 23.0 Å². The Morgan fingerprint density at radius 3 is 2.65 bits per heavy atom. The van der Waals surface area contributed by atoms with Crippen molar-refractivity contribution in [1.29, 1.82) is 0 Å². The molecule has 1 atom stereocenters. The minimum Gasteiger partial charge on any atom is -0.342 e. The van der Waals surface area contributed by atoms with Crippen LogP contribution in [0.3, 0.4) is 0 Å². The molecule has 0 aliphatic heterocycles. The quantitative estimate of drug-likeness (QED) is 0.697. The smallest absolute Gasteiger partial charge is 0.255 e. The zero-order chi connectivity index (χ0) is 18.5. The van der Waals surface area contributed by atoms with E-state index in [1.165, 1.54) is 0 Å².